The molecule has 0 aromatic heterocycles. The molecule has 0 saturated carbocycles. The molecule has 2 aromatic carbocycles. The summed E-state index contributed by atoms with van der Waals surface area (Å²) in [5.41, 5.74) is 7.17. The number of hydrogen-bond donors (Lipinski definition) is 1. The van der Waals surface area contributed by atoms with Crippen LogP contribution < -0.4 is 10.5 Å². The minimum absolute atomic E-state index is 0.127. The molecule has 0 spiro atoms. The van der Waals surface area contributed by atoms with Gasteiger partial charge in [-0.1, -0.05) is 42.5 Å². The maximum atomic E-state index is 11.1. The lowest BCUT2D eigenvalue weighted by Crippen LogP contribution is -2.16. The van der Waals surface area contributed by atoms with E-state index in [-0.39, 0.29) is 18.4 Å². The average molecular weight is 255 g/mol. The van der Waals surface area contributed by atoms with Gasteiger partial charge in [0.05, 0.1) is 6.42 Å². The number of carbonyl (C=O) groups is 1. The van der Waals surface area contributed by atoms with E-state index in [4.69, 9.17) is 10.5 Å². The maximum Gasteiger partial charge on any atom is 0.221 e. The first kappa shape index (κ1) is 13.1. The van der Waals surface area contributed by atoms with Gasteiger partial charge in [-0.2, -0.15) is 0 Å². The van der Waals surface area contributed by atoms with Gasteiger partial charge in [-0.25, -0.2) is 0 Å². The lowest BCUT2D eigenvalue weighted by Gasteiger charge is -2.18. The van der Waals surface area contributed by atoms with Crippen molar-refractivity contribution in [3.8, 4) is 5.75 Å². The van der Waals surface area contributed by atoms with E-state index in [9.17, 15) is 4.79 Å². The number of nitrogens with two attached hydrogens (primary N) is 1. The number of ether oxygens (including phenoxy) is 1. The van der Waals surface area contributed by atoms with Crippen LogP contribution in [0.25, 0.3) is 0 Å². The fourth-order valence-electron chi connectivity index (χ4n) is 2.05. The van der Waals surface area contributed by atoms with E-state index in [0.29, 0.717) is 0 Å². The summed E-state index contributed by atoms with van der Waals surface area (Å²) >= 11 is 0. The van der Waals surface area contributed by atoms with Crippen LogP contribution in [0, 0.1) is 0 Å². The Bertz CT molecular complexity index is 552. The molecule has 3 nitrogen and oxygen atoms in total. The molecule has 1 atom stereocenters. The van der Waals surface area contributed by atoms with Gasteiger partial charge in [0.15, 0.2) is 0 Å². The SMILES string of the molecule is CC(Oc1ccccc1)c1ccccc1CC(N)=O. The molecule has 1 amide bonds. The fourth-order valence-corrected chi connectivity index (χ4v) is 2.05. The Morgan fingerprint density at radius 1 is 1.11 bits per heavy atom. The predicted molar refractivity (Wildman–Crippen MR) is 74.8 cm³/mol. The van der Waals surface area contributed by atoms with Gasteiger partial charge in [0.25, 0.3) is 0 Å². The van der Waals surface area contributed by atoms with Crippen molar-refractivity contribution < 1.29 is 9.53 Å². The molecule has 0 fully saturated rings. The first-order valence-corrected chi connectivity index (χ1v) is 6.24. The number of para-hydroxylation sites is 1. The molecule has 2 rings (SSSR count). The molecule has 0 aliphatic heterocycles. The molecule has 3 heteroatoms. The van der Waals surface area contributed by atoms with E-state index < -0.39 is 0 Å². The van der Waals surface area contributed by atoms with Crippen LogP contribution in [0.2, 0.25) is 0 Å². The molecule has 0 heterocycles. The molecule has 0 aliphatic rings. The fraction of sp³-hybridized carbons (Fsp3) is 0.188. The van der Waals surface area contributed by atoms with E-state index in [0.717, 1.165) is 16.9 Å². The Hall–Kier alpha value is -2.29. The second-order valence-electron chi connectivity index (χ2n) is 4.42. The van der Waals surface area contributed by atoms with Gasteiger partial charge >= 0.3 is 0 Å². The Balaban J connectivity index is 2.19. The summed E-state index contributed by atoms with van der Waals surface area (Å²) in [4.78, 5) is 11.1. The van der Waals surface area contributed by atoms with Crippen LogP contribution in [0.5, 0.6) is 5.75 Å². The topological polar surface area (TPSA) is 52.3 Å². The standard InChI is InChI=1S/C16H17NO2/c1-12(19-14-8-3-2-4-9-14)15-10-6-5-7-13(15)11-16(17)18/h2-10,12H,11H2,1H3,(H2,17,18). The second kappa shape index (κ2) is 6.05. The molecular weight excluding hydrogens is 238 g/mol. The summed E-state index contributed by atoms with van der Waals surface area (Å²) in [6.45, 7) is 1.97. The molecule has 2 N–H and O–H groups in total. The molecule has 0 bridgehead atoms. The minimum atomic E-state index is -0.334. The molecule has 2 aromatic rings. The van der Waals surface area contributed by atoms with Crippen LogP contribution in [0.1, 0.15) is 24.2 Å². The molecular formula is C16H17NO2. The van der Waals surface area contributed by atoms with Crippen LogP contribution in [0.3, 0.4) is 0 Å². The van der Waals surface area contributed by atoms with E-state index >= 15 is 0 Å². The number of hydrogen-bond acceptors (Lipinski definition) is 2. The smallest absolute Gasteiger partial charge is 0.221 e. The molecule has 19 heavy (non-hydrogen) atoms. The lowest BCUT2D eigenvalue weighted by atomic mass is 10.0. The molecule has 0 radical (unpaired) electrons. The zero-order valence-corrected chi connectivity index (χ0v) is 10.9. The summed E-state index contributed by atoms with van der Waals surface area (Å²) in [5, 5.41) is 0. The first-order valence-electron chi connectivity index (χ1n) is 6.24. The highest BCUT2D eigenvalue weighted by atomic mass is 16.5. The summed E-state index contributed by atoms with van der Waals surface area (Å²) in [5.74, 6) is 0.475. The van der Waals surface area contributed by atoms with Crippen LogP contribution in [-0.4, -0.2) is 5.91 Å². The van der Waals surface area contributed by atoms with E-state index in [2.05, 4.69) is 0 Å². The van der Waals surface area contributed by atoms with Crippen molar-refractivity contribution in [2.75, 3.05) is 0 Å². The molecule has 0 aliphatic carbocycles. The van der Waals surface area contributed by atoms with Gasteiger partial charge in [-0.05, 0) is 30.2 Å². The van der Waals surface area contributed by atoms with Crippen LogP contribution in [0.15, 0.2) is 54.6 Å². The zero-order valence-electron chi connectivity index (χ0n) is 10.9. The Labute approximate surface area is 113 Å². The third-order valence-electron chi connectivity index (χ3n) is 2.91. The quantitative estimate of drug-likeness (QED) is 0.893. The van der Waals surface area contributed by atoms with Crippen LogP contribution in [-0.2, 0) is 11.2 Å². The Kier molecular flexibility index (Phi) is 4.18. The Morgan fingerprint density at radius 3 is 2.42 bits per heavy atom. The summed E-state index contributed by atoms with van der Waals surface area (Å²) in [7, 11) is 0. The minimum Gasteiger partial charge on any atom is -0.486 e. The third-order valence-corrected chi connectivity index (χ3v) is 2.91. The van der Waals surface area contributed by atoms with E-state index in [1.807, 2.05) is 61.5 Å². The van der Waals surface area contributed by atoms with Gasteiger partial charge in [0.1, 0.15) is 11.9 Å². The molecule has 98 valence electrons. The molecule has 1 unspecified atom stereocenters. The highest BCUT2D eigenvalue weighted by Gasteiger charge is 2.13. The Morgan fingerprint density at radius 2 is 1.74 bits per heavy atom. The number of carbonyl (C=O) groups excluding carboxylic acids is 1. The summed E-state index contributed by atoms with van der Waals surface area (Å²) in [6, 6.07) is 17.3. The highest BCUT2D eigenvalue weighted by molar-refractivity contribution is 5.77. The van der Waals surface area contributed by atoms with Gasteiger partial charge in [0.2, 0.25) is 5.91 Å². The first-order chi connectivity index (χ1) is 9.16. The molecule has 0 saturated heterocycles. The van der Waals surface area contributed by atoms with Gasteiger partial charge < -0.3 is 10.5 Å². The van der Waals surface area contributed by atoms with Crippen molar-refractivity contribution in [3.63, 3.8) is 0 Å². The number of benzene rings is 2. The van der Waals surface area contributed by atoms with Crippen LogP contribution >= 0.6 is 0 Å². The second-order valence-corrected chi connectivity index (χ2v) is 4.42. The lowest BCUT2D eigenvalue weighted by molar-refractivity contribution is -0.117. The average Bonchev–Trinajstić information content (AvgIpc) is 2.39. The van der Waals surface area contributed by atoms with Crippen molar-refractivity contribution in [1.29, 1.82) is 0 Å². The van der Waals surface area contributed by atoms with Gasteiger partial charge in [-0.15, -0.1) is 0 Å². The van der Waals surface area contributed by atoms with Crippen molar-refractivity contribution in [3.05, 3.63) is 65.7 Å². The van der Waals surface area contributed by atoms with Crippen molar-refractivity contribution >= 4 is 5.91 Å². The highest BCUT2D eigenvalue weighted by Crippen LogP contribution is 2.24. The van der Waals surface area contributed by atoms with E-state index in [1.165, 1.54) is 0 Å². The van der Waals surface area contributed by atoms with Gasteiger partial charge in [0, 0.05) is 0 Å². The van der Waals surface area contributed by atoms with Gasteiger partial charge in [-0.3, -0.25) is 4.79 Å². The van der Waals surface area contributed by atoms with Crippen molar-refractivity contribution in [1.82, 2.24) is 0 Å². The number of rotatable bonds is 5. The van der Waals surface area contributed by atoms with Crippen molar-refractivity contribution in [2.24, 2.45) is 5.73 Å². The van der Waals surface area contributed by atoms with E-state index in [1.54, 1.807) is 0 Å². The number of amides is 1. The van der Waals surface area contributed by atoms with Crippen molar-refractivity contribution in [2.45, 2.75) is 19.4 Å². The third kappa shape index (κ3) is 3.58. The largest absolute Gasteiger partial charge is 0.486 e. The zero-order chi connectivity index (χ0) is 13.7. The number of primary amides is 1. The normalized spacial score (nSPS) is 11.8. The predicted octanol–water partition coefficient (Wildman–Crippen LogP) is 2.85. The monoisotopic (exact) mass is 255 g/mol. The maximum absolute atomic E-state index is 11.1. The summed E-state index contributed by atoms with van der Waals surface area (Å²) in [6.07, 6.45) is 0.108. The van der Waals surface area contributed by atoms with Crippen LogP contribution in [0.4, 0.5) is 0 Å². The summed E-state index contributed by atoms with van der Waals surface area (Å²) < 4.78 is 5.87.